The standard InChI is InChI=1S/C16H14ClNO2/c17-15(12-6-2-1-3-7-12)16(19)18-10-11-20-14-9-5-4-8-13(14)18/h1-9,15H,10-11H2. The van der Waals surface area contributed by atoms with Crippen molar-refractivity contribution in [1.82, 2.24) is 0 Å². The van der Waals surface area contributed by atoms with Crippen molar-refractivity contribution >= 4 is 23.2 Å². The largest absolute Gasteiger partial charge is 0.490 e. The van der Waals surface area contributed by atoms with E-state index in [4.69, 9.17) is 16.3 Å². The van der Waals surface area contributed by atoms with E-state index in [1.165, 1.54) is 0 Å². The fourth-order valence-electron chi connectivity index (χ4n) is 2.30. The highest BCUT2D eigenvalue weighted by Gasteiger charge is 2.28. The van der Waals surface area contributed by atoms with Crippen LogP contribution < -0.4 is 9.64 Å². The van der Waals surface area contributed by atoms with Crippen LogP contribution in [-0.2, 0) is 4.79 Å². The summed E-state index contributed by atoms with van der Waals surface area (Å²) in [6, 6.07) is 16.9. The number of carbonyl (C=O) groups excluding carboxylic acids is 1. The monoisotopic (exact) mass is 287 g/mol. The minimum Gasteiger partial charge on any atom is -0.490 e. The molecule has 0 bridgehead atoms. The molecule has 1 atom stereocenters. The van der Waals surface area contributed by atoms with E-state index in [-0.39, 0.29) is 5.91 Å². The van der Waals surface area contributed by atoms with E-state index in [2.05, 4.69) is 0 Å². The number of ether oxygens (including phenoxy) is 1. The zero-order chi connectivity index (χ0) is 13.9. The van der Waals surface area contributed by atoms with Crippen LogP contribution in [0.2, 0.25) is 0 Å². The molecular formula is C16H14ClNO2. The average Bonchev–Trinajstić information content (AvgIpc) is 2.54. The Morgan fingerprint density at radius 2 is 1.80 bits per heavy atom. The summed E-state index contributed by atoms with van der Waals surface area (Å²) in [7, 11) is 0. The lowest BCUT2D eigenvalue weighted by Crippen LogP contribution is -2.39. The van der Waals surface area contributed by atoms with Gasteiger partial charge in [-0.3, -0.25) is 4.79 Å². The molecule has 1 aliphatic heterocycles. The topological polar surface area (TPSA) is 29.5 Å². The lowest BCUT2D eigenvalue weighted by Gasteiger charge is -2.30. The summed E-state index contributed by atoms with van der Waals surface area (Å²) in [6.07, 6.45) is 0. The maximum Gasteiger partial charge on any atom is 0.249 e. The summed E-state index contributed by atoms with van der Waals surface area (Å²) < 4.78 is 5.55. The van der Waals surface area contributed by atoms with Crippen LogP contribution in [-0.4, -0.2) is 19.1 Å². The van der Waals surface area contributed by atoms with Gasteiger partial charge in [-0.25, -0.2) is 0 Å². The third kappa shape index (κ3) is 2.37. The van der Waals surface area contributed by atoms with Crippen LogP contribution in [0.5, 0.6) is 5.75 Å². The summed E-state index contributed by atoms with van der Waals surface area (Å²) in [5.41, 5.74) is 1.59. The zero-order valence-corrected chi connectivity index (χ0v) is 11.6. The van der Waals surface area contributed by atoms with Crippen molar-refractivity contribution in [1.29, 1.82) is 0 Å². The third-order valence-electron chi connectivity index (χ3n) is 3.30. The van der Waals surface area contributed by atoms with Crippen LogP contribution in [0.25, 0.3) is 0 Å². The van der Waals surface area contributed by atoms with Crippen LogP contribution in [0.15, 0.2) is 54.6 Å². The van der Waals surface area contributed by atoms with E-state index in [0.29, 0.717) is 13.2 Å². The Balaban J connectivity index is 1.89. The van der Waals surface area contributed by atoms with Crippen molar-refractivity contribution < 1.29 is 9.53 Å². The molecule has 0 saturated carbocycles. The molecule has 3 rings (SSSR count). The van der Waals surface area contributed by atoms with Crippen LogP contribution in [0, 0.1) is 0 Å². The molecule has 2 aromatic rings. The third-order valence-corrected chi connectivity index (χ3v) is 3.74. The number of alkyl halides is 1. The highest BCUT2D eigenvalue weighted by molar-refractivity contribution is 6.33. The number of fused-ring (bicyclic) bond motifs is 1. The van der Waals surface area contributed by atoms with Gasteiger partial charge in [-0.1, -0.05) is 42.5 Å². The number of hydrogen-bond acceptors (Lipinski definition) is 2. The molecule has 0 fully saturated rings. The van der Waals surface area contributed by atoms with Crippen molar-refractivity contribution in [3.63, 3.8) is 0 Å². The van der Waals surface area contributed by atoms with E-state index < -0.39 is 5.38 Å². The molecule has 0 radical (unpaired) electrons. The van der Waals surface area contributed by atoms with Gasteiger partial charge in [-0.2, -0.15) is 0 Å². The van der Waals surface area contributed by atoms with Crippen molar-refractivity contribution in [2.45, 2.75) is 5.38 Å². The predicted molar refractivity (Wildman–Crippen MR) is 79.3 cm³/mol. The van der Waals surface area contributed by atoms with Gasteiger partial charge in [-0.15, -0.1) is 11.6 Å². The molecule has 0 aromatic heterocycles. The van der Waals surface area contributed by atoms with Gasteiger partial charge in [0.05, 0.1) is 12.2 Å². The van der Waals surface area contributed by atoms with E-state index >= 15 is 0 Å². The number of benzene rings is 2. The van der Waals surface area contributed by atoms with E-state index in [9.17, 15) is 4.79 Å². The Kier molecular flexibility index (Phi) is 3.61. The molecule has 4 heteroatoms. The maximum atomic E-state index is 12.6. The van der Waals surface area contributed by atoms with Gasteiger partial charge in [0.1, 0.15) is 17.7 Å². The fraction of sp³-hybridized carbons (Fsp3) is 0.188. The second kappa shape index (κ2) is 5.55. The van der Waals surface area contributed by atoms with E-state index in [1.807, 2.05) is 54.6 Å². The molecule has 102 valence electrons. The number of nitrogens with zero attached hydrogens (tertiary/aromatic N) is 1. The summed E-state index contributed by atoms with van der Waals surface area (Å²) in [6.45, 7) is 1.01. The normalized spacial score (nSPS) is 15.2. The number of amides is 1. The van der Waals surface area contributed by atoms with Gasteiger partial charge in [0.25, 0.3) is 0 Å². The van der Waals surface area contributed by atoms with Gasteiger partial charge >= 0.3 is 0 Å². The first-order chi connectivity index (χ1) is 9.77. The number of halogens is 1. The van der Waals surface area contributed by atoms with E-state index in [0.717, 1.165) is 17.0 Å². The Morgan fingerprint density at radius 3 is 2.60 bits per heavy atom. The quantitative estimate of drug-likeness (QED) is 0.793. The Morgan fingerprint density at radius 1 is 1.10 bits per heavy atom. The first kappa shape index (κ1) is 13.0. The summed E-state index contributed by atoms with van der Waals surface area (Å²) in [5, 5.41) is -0.678. The minimum atomic E-state index is -0.678. The zero-order valence-electron chi connectivity index (χ0n) is 10.8. The molecule has 0 spiro atoms. The highest BCUT2D eigenvalue weighted by Crippen LogP contribution is 2.34. The summed E-state index contributed by atoms with van der Waals surface area (Å²) in [5.74, 6) is 0.609. The molecule has 1 unspecified atom stereocenters. The second-order valence-electron chi connectivity index (χ2n) is 4.58. The Hall–Kier alpha value is -2.00. The number of carbonyl (C=O) groups is 1. The van der Waals surface area contributed by atoms with Crippen molar-refractivity contribution in [2.24, 2.45) is 0 Å². The number of rotatable bonds is 2. The fourth-order valence-corrected chi connectivity index (χ4v) is 2.56. The van der Waals surface area contributed by atoms with Gasteiger partial charge in [0.15, 0.2) is 0 Å². The molecule has 0 N–H and O–H groups in total. The predicted octanol–water partition coefficient (Wildman–Crippen LogP) is 3.39. The van der Waals surface area contributed by atoms with Crippen molar-refractivity contribution in [2.75, 3.05) is 18.1 Å². The summed E-state index contributed by atoms with van der Waals surface area (Å²) in [4.78, 5) is 14.3. The van der Waals surface area contributed by atoms with Crippen LogP contribution >= 0.6 is 11.6 Å². The SMILES string of the molecule is O=C(C(Cl)c1ccccc1)N1CCOc2ccccc21. The minimum absolute atomic E-state index is 0.117. The lowest BCUT2D eigenvalue weighted by atomic mass is 10.1. The van der Waals surface area contributed by atoms with E-state index in [1.54, 1.807) is 4.90 Å². The van der Waals surface area contributed by atoms with Crippen LogP contribution in [0.3, 0.4) is 0 Å². The first-order valence-electron chi connectivity index (χ1n) is 6.49. The highest BCUT2D eigenvalue weighted by atomic mass is 35.5. The molecule has 1 aliphatic rings. The maximum absolute atomic E-state index is 12.6. The average molecular weight is 288 g/mol. The second-order valence-corrected chi connectivity index (χ2v) is 5.02. The van der Waals surface area contributed by atoms with Crippen LogP contribution in [0.4, 0.5) is 5.69 Å². The first-order valence-corrected chi connectivity index (χ1v) is 6.93. The molecule has 0 saturated heterocycles. The van der Waals surface area contributed by atoms with Gasteiger partial charge < -0.3 is 9.64 Å². The summed E-state index contributed by atoms with van der Waals surface area (Å²) >= 11 is 6.32. The molecule has 3 nitrogen and oxygen atoms in total. The molecule has 0 aliphatic carbocycles. The van der Waals surface area contributed by atoms with Crippen LogP contribution in [0.1, 0.15) is 10.9 Å². The molecule has 2 aromatic carbocycles. The molecule has 1 amide bonds. The number of anilines is 1. The van der Waals surface area contributed by atoms with Crippen molar-refractivity contribution in [3.05, 3.63) is 60.2 Å². The van der Waals surface area contributed by atoms with Crippen molar-refractivity contribution in [3.8, 4) is 5.75 Å². The van der Waals surface area contributed by atoms with Gasteiger partial charge in [0.2, 0.25) is 5.91 Å². The number of para-hydroxylation sites is 2. The smallest absolute Gasteiger partial charge is 0.249 e. The van der Waals surface area contributed by atoms with Gasteiger partial charge in [0, 0.05) is 0 Å². The Labute approximate surface area is 122 Å². The van der Waals surface area contributed by atoms with Gasteiger partial charge in [-0.05, 0) is 17.7 Å². The molecule has 1 heterocycles. The molecule has 20 heavy (non-hydrogen) atoms. The molecular weight excluding hydrogens is 274 g/mol. The lowest BCUT2D eigenvalue weighted by molar-refractivity contribution is -0.118. The Bertz CT molecular complexity index is 615. The number of hydrogen-bond donors (Lipinski definition) is 0.